The number of nitrogens with zero attached hydrogens (tertiary/aromatic N) is 1. The van der Waals surface area contributed by atoms with E-state index in [4.69, 9.17) is 5.73 Å². The Morgan fingerprint density at radius 2 is 1.75 bits per heavy atom. The molecular formula is C15H22N2O2S. The molecule has 0 aromatic heterocycles. The van der Waals surface area contributed by atoms with Crippen LogP contribution >= 0.6 is 0 Å². The zero-order chi connectivity index (χ0) is 14.2. The summed E-state index contributed by atoms with van der Waals surface area (Å²) in [7, 11) is -2.88. The molecule has 0 aliphatic carbocycles. The second kappa shape index (κ2) is 5.13. The first-order valence-electron chi connectivity index (χ1n) is 7.27. The molecule has 3 rings (SSSR count). The van der Waals surface area contributed by atoms with Gasteiger partial charge in [0.2, 0.25) is 0 Å². The lowest BCUT2D eigenvalue weighted by Crippen LogP contribution is -2.51. The quantitative estimate of drug-likeness (QED) is 0.893. The summed E-state index contributed by atoms with van der Waals surface area (Å²) in [5.41, 5.74) is 8.63. The highest BCUT2D eigenvalue weighted by atomic mass is 32.2. The number of hydrogen-bond acceptors (Lipinski definition) is 4. The van der Waals surface area contributed by atoms with Gasteiger partial charge in [-0.3, -0.25) is 4.90 Å². The fraction of sp³-hybridized carbons (Fsp3) is 0.600. The van der Waals surface area contributed by atoms with Crippen molar-refractivity contribution in [3.63, 3.8) is 0 Å². The first-order chi connectivity index (χ1) is 9.55. The minimum Gasteiger partial charge on any atom is -0.329 e. The molecule has 20 heavy (non-hydrogen) atoms. The minimum atomic E-state index is -2.88. The summed E-state index contributed by atoms with van der Waals surface area (Å²) in [6, 6.07) is 8.45. The Labute approximate surface area is 120 Å². The molecule has 2 N–H and O–H groups in total. The van der Waals surface area contributed by atoms with Gasteiger partial charge in [-0.15, -0.1) is 0 Å². The van der Waals surface area contributed by atoms with Crippen molar-refractivity contribution in [3.05, 3.63) is 35.4 Å². The van der Waals surface area contributed by atoms with E-state index in [9.17, 15) is 8.42 Å². The van der Waals surface area contributed by atoms with Gasteiger partial charge in [0.15, 0.2) is 0 Å². The largest absolute Gasteiger partial charge is 0.329 e. The molecule has 2 heterocycles. The van der Waals surface area contributed by atoms with Crippen molar-refractivity contribution in [1.29, 1.82) is 0 Å². The van der Waals surface area contributed by atoms with Crippen molar-refractivity contribution in [2.24, 2.45) is 5.73 Å². The second-order valence-corrected chi connectivity index (χ2v) is 8.36. The summed E-state index contributed by atoms with van der Waals surface area (Å²) >= 11 is 0. The van der Waals surface area contributed by atoms with Crippen LogP contribution in [0.15, 0.2) is 24.3 Å². The average molecular weight is 294 g/mol. The summed E-state index contributed by atoms with van der Waals surface area (Å²) in [5, 5.41) is 0. The lowest BCUT2D eigenvalue weighted by molar-refractivity contribution is 0.0794. The smallest absolute Gasteiger partial charge is 0.150 e. The first-order valence-corrected chi connectivity index (χ1v) is 9.09. The summed E-state index contributed by atoms with van der Waals surface area (Å²) in [4.78, 5) is 2.40. The van der Waals surface area contributed by atoms with Crippen molar-refractivity contribution < 1.29 is 8.42 Å². The van der Waals surface area contributed by atoms with Gasteiger partial charge < -0.3 is 5.73 Å². The first kappa shape index (κ1) is 14.0. The number of sulfone groups is 1. The van der Waals surface area contributed by atoms with Crippen LogP contribution in [-0.2, 0) is 22.9 Å². The predicted octanol–water partition coefficient (Wildman–Crippen LogP) is 1.30. The van der Waals surface area contributed by atoms with Gasteiger partial charge >= 0.3 is 0 Å². The fourth-order valence-corrected chi connectivity index (χ4v) is 4.99. The zero-order valence-corrected chi connectivity index (χ0v) is 12.5. The van der Waals surface area contributed by atoms with Crippen molar-refractivity contribution >= 4 is 9.84 Å². The van der Waals surface area contributed by atoms with E-state index in [1.165, 1.54) is 11.1 Å². The third-order valence-electron chi connectivity index (χ3n) is 4.87. The molecule has 2 aliphatic rings. The minimum absolute atomic E-state index is 0.150. The second-order valence-electron chi connectivity index (χ2n) is 6.06. The van der Waals surface area contributed by atoms with Crippen LogP contribution in [0.4, 0.5) is 0 Å². The molecular weight excluding hydrogens is 272 g/mol. The summed E-state index contributed by atoms with van der Waals surface area (Å²) in [6.07, 6.45) is 2.28. The summed E-state index contributed by atoms with van der Waals surface area (Å²) in [6.45, 7) is 2.33. The number of nitrogens with two attached hydrogens (primary N) is 1. The Balaban J connectivity index is 1.84. The molecule has 0 radical (unpaired) electrons. The molecule has 4 nitrogen and oxygen atoms in total. The Morgan fingerprint density at radius 1 is 1.10 bits per heavy atom. The van der Waals surface area contributed by atoms with Gasteiger partial charge in [0, 0.05) is 25.2 Å². The number of benzene rings is 1. The highest BCUT2D eigenvalue weighted by Crippen LogP contribution is 2.35. The molecule has 0 amide bonds. The van der Waals surface area contributed by atoms with Crippen LogP contribution in [0.1, 0.15) is 30.4 Å². The average Bonchev–Trinajstić information content (AvgIpc) is 2.80. The molecule has 1 atom stereocenters. The molecule has 5 heteroatoms. The number of fused-ring (bicyclic) bond motifs is 1. The van der Waals surface area contributed by atoms with E-state index < -0.39 is 9.84 Å². The summed E-state index contributed by atoms with van der Waals surface area (Å²) in [5.74, 6) is 0.590. The molecule has 1 aromatic rings. The highest BCUT2D eigenvalue weighted by molar-refractivity contribution is 7.91. The van der Waals surface area contributed by atoms with E-state index in [0.717, 1.165) is 25.9 Å². The topological polar surface area (TPSA) is 63.4 Å². The van der Waals surface area contributed by atoms with Crippen LogP contribution in [0.3, 0.4) is 0 Å². The van der Waals surface area contributed by atoms with E-state index in [2.05, 4.69) is 29.2 Å². The van der Waals surface area contributed by atoms with Gasteiger partial charge in [0.1, 0.15) is 9.84 Å². The van der Waals surface area contributed by atoms with E-state index in [0.29, 0.717) is 18.7 Å². The Kier molecular flexibility index (Phi) is 3.60. The van der Waals surface area contributed by atoms with Gasteiger partial charge in [0.25, 0.3) is 0 Å². The normalized spacial score (nSPS) is 29.9. The van der Waals surface area contributed by atoms with Crippen molar-refractivity contribution in [2.45, 2.75) is 37.9 Å². The number of hydrogen-bond donors (Lipinski definition) is 1. The maximum Gasteiger partial charge on any atom is 0.150 e. The van der Waals surface area contributed by atoms with Crippen molar-refractivity contribution in [3.8, 4) is 0 Å². The third kappa shape index (κ3) is 2.50. The Morgan fingerprint density at radius 3 is 2.35 bits per heavy atom. The SMILES string of the molecule is NCC1(N2Cc3ccccc3C2)CCCS(=O)(=O)CC1. The van der Waals surface area contributed by atoms with Crippen molar-refractivity contribution in [2.75, 3.05) is 18.1 Å². The third-order valence-corrected chi connectivity index (χ3v) is 6.60. The molecule has 1 aromatic carbocycles. The van der Waals surface area contributed by atoms with Crippen LogP contribution in [0.25, 0.3) is 0 Å². The Hall–Kier alpha value is -0.910. The van der Waals surface area contributed by atoms with Gasteiger partial charge in [-0.05, 0) is 30.4 Å². The monoisotopic (exact) mass is 294 g/mol. The van der Waals surface area contributed by atoms with E-state index in [1.54, 1.807) is 0 Å². The summed E-state index contributed by atoms with van der Waals surface area (Å²) < 4.78 is 23.7. The van der Waals surface area contributed by atoms with Crippen LogP contribution in [0.2, 0.25) is 0 Å². The van der Waals surface area contributed by atoms with Gasteiger partial charge in [-0.25, -0.2) is 8.42 Å². The molecule has 1 fully saturated rings. The highest BCUT2D eigenvalue weighted by Gasteiger charge is 2.40. The van der Waals surface area contributed by atoms with E-state index in [1.807, 2.05) is 0 Å². The van der Waals surface area contributed by atoms with Crippen molar-refractivity contribution in [1.82, 2.24) is 4.90 Å². The van der Waals surface area contributed by atoms with Crippen LogP contribution < -0.4 is 5.73 Å². The molecule has 1 saturated heterocycles. The molecule has 0 bridgehead atoms. The van der Waals surface area contributed by atoms with Crippen LogP contribution in [-0.4, -0.2) is 36.9 Å². The lowest BCUT2D eigenvalue weighted by Gasteiger charge is -2.40. The van der Waals surface area contributed by atoms with Gasteiger partial charge in [0.05, 0.1) is 11.5 Å². The molecule has 110 valence electrons. The predicted molar refractivity (Wildman–Crippen MR) is 80.0 cm³/mol. The number of rotatable bonds is 2. The fourth-order valence-electron chi connectivity index (χ4n) is 3.51. The van der Waals surface area contributed by atoms with Crippen LogP contribution in [0, 0.1) is 0 Å². The van der Waals surface area contributed by atoms with E-state index >= 15 is 0 Å². The van der Waals surface area contributed by atoms with E-state index in [-0.39, 0.29) is 11.3 Å². The standard InChI is InChI=1S/C15H22N2O2S/c16-12-15(6-3-8-20(18,19)9-7-15)17-10-13-4-1-2-5-14(13)11-17/h1-2,4-5H,3,6-12,16H2. The maximum absolute atomic E-state index is 11.8. The molecule has 0 saturated carbocycles. The Bertz CT molecular complexity index is 575. The van der Waals surface area contributed by atoms with Crippen LogP contribution in [0.5, 0.6) is 0 Å². The maximum atomic E-state index is 11.8. The molecule has 0 spiro atoms. The molecule has 2 aliphatic heterocycles. The molecule has 1 unspecified atom stereocenters. The lowest BCUT2D eigenvalue weighted by atomic mass is 9.89. The van der Waals surface area contributed by atoms with Gasteiger partial charge in [-0.2, -0.15) is 0 Å². The van der Waals surface area contributed by atoms with Gasteiger partial charge in [-0.1, -0.05) is 24.3 Å². The zero-order valence-electron chi connectivity index (χ0n) is 11.7.